The maximum Gasteiger partial charge on any atom is 0.411 e. The third kappa shape index (κ3) is 4.99. The second kappa shape index (κ2) is 9.58. The van der Waals surface area contributed by atoms with Crippen LogP contribution in [0.25, 0.3) is 0 Å². The Morgan fingerprint density at radius 1 is 1.26 bits per heavy atom. The number of rotatable bonds is 5. The van der Waals surface area contributed by atoms with Crippen molar-refractivity contribution >= 4 is 23.7 Å². The van der Waals surface area contributed by atoms with Crippen LogP contribution in [0, 0.1) is 17.2 Å². The molecule has 3 aliphatic rings. The number of amides is 3. The van der Waals surface area contributed by atoms with Gasteiger partial charge in [-0.2, -0.15) is 5.26 Å². The molecule has 34 heavy (non-hydrogen) atoms. The van der Waals surface area contributed by atoms with E-state index in [9.17, 15) is 19.6 Å². The van der Waals surface area contributed by atoms with E-state index in [2.05, 4.69) is 16.4 Å². The fourth-order valence-corrected chi connectivity index (χ4v) is 5.19. The number of fused-ring (bicyclic) bond motifs is 2. The smallest absolute Gasteiger partial charge is 0.411 e. The molecule has 0 spiro atoms. The summed E-state index contributed by atoms with van der Waals surface area (Å²) in [5, 5.41) is 12.1. The van der Waals surface area contributed by atoms with Gasteiger partial charge in [-0.05, 0) is 64.5 Å². The van der Waals surface area contributed by atoms with Gasteiger partial charge < -0.3 is 19.7 Å². The number of nitrogens with one attached hydrogen (secondary N) is 1. The Hall–Kier alpha value is -3.19. The van der Waals surface area contributed by atoms with Crippen molar-refractivity contribution in [2.75, 3.05) is 18.5 Å². The first kappa shape index (κ1) is 24.0. The fourth-order valence-electron chi connectivity index (χ4n) is 5.19. The van der Waals surface area contributed by atoms with Crippen LogP contribution in [-0.2, 0) is 19.1 Å². The maximum absolute atomic E-state index is 13.5. The van der Waals surface area contributed by atoms with Crippen LogP contribution in [0.2, 0.25) is 0 Å². The minimum absolute atomic E-state index is 0.117. The lowest BCUT2D eigenvalue weighted by Crippen LogP contribution is -2.58. The van der Waals surface area contributed by atoms with Crippen LogP contribution < -0.4 is 5.32 Å². The van der Waals surface area contributed by atoms with E-state index in [1.54, 1.807) is 50.1 Å². The van der Waals surface area contributed by atoms with E-state index < -0.39 is 23.8 Å². The quantitative estimate of drug-likeness (QED) is 0.701. The van der Waals surface area contributed by atoms with Crippen molar-refractivity contribution in [3.05, 3.63) is 24.4 Å². The molecular formula is C24H31N5O5. The number of likely N-dealkylation sites (tertiary alicyclic amines) is 2. The number of carbonyl (C=O) groups excluding carboxylic acids is 3. The number of hydrogen-bond acceptors (Lipinski definition) is 7. The van der Waals surface area contributed by atoms with Crippen molar-refractivity contribution in [1.29, 1.82) is 5.26 Å². The monoisotopic (exact) mass is 469 g/mol. The molecule has 0 aromatic carbocycles. The van der Waals surface area contributed by atoms with E-state index in [-0.39, 0.29) is 36.5 Å². The van der Waals surface area contributed by atoms with E-state index >= 15 is 0 Å². The lowest BCUT2D eigenvalue weighted by Gasteiger charge is -2.40. The molecule has 10 nitrogen and oxygen atoms in total. The molecule has 1 N–H and O–H groups in total. The third-order valence-electron chi connectivity index (χ3n) is 6.52. The van der Waals surface area contributed by atoms with Crippen LogP contribution >= 0.6 is 0 Å². The molecule has 1 aromatic heterocycles. The number of piperidine rings is 1. The third-order valence-corrected chi connectivity index (χ3v) is 6.52. The zero-order valence-electron chi connectivity index (χ0n) is 19.8. The van der Waals surface area contributed by atoms with Crippen LogP contribution in [0.3, 0.4) is 0 Å². The minimum atomic E-state index is -0.728. The Labute approximate surface area is 199 Å². The zero-order chi connectivity index (χ0) is 24.5. The highest BCUT2D eigenvalue weighted by Gasteiger charge is 2.58. The summed E-state index contributed by atoms with van der Waals surface area (Å²) < 4.78 is 11.5. The normalized spacial score (nSPS) is 28.0. The predicted octanol–water partition coefficient (Wildman–Crippen LogP) is 2.32. The lowest BCUT2D eigenvalue weighted by molar-refractivity contribution is -0.142. The molecule has 1 aliphatic carbocycles. The largest absolute Gasteiger partial charge is 0.444 e. The van der Waals surface area contributed by atoms with Crippen LogP contribution in [0.15, 0.2) is 24.4 Å². The highest BCUT2D eigenvalue weighted by Crippen LogP contribution is 2.45. The summed E-state index contributed by atoms with van der Waals surface area (Å²) in [5.41, 5.74) is -0.728. The number of aromatic nitrogens is 1. The first-order valence-corrected chi connectivity index (χ1v) is 11.7. The molecule has 3 amide bonds. The standard InChI is InChI=1S/C24H31N5O5/c1-24(2,3)34-23(32)29-17-11-15(21(29)22(31)28-10-6-7-16(28)13-25)12-18(17)33-14-20(30)27-19-8-4-5-9-26-19/h4-5,8-9,15-18,21H,6-7,10-12,14H2,1-3H3,(H,26,27,30)/t15-,16-,17+,18+,21-/m0/s1. The lowest BCUT2D eigenvalue weighted by atomic mass is 9.96. The number of carbonyl (C=O) groups is 3. The van der Waals surface area contributed by atoms with Crippen molar-refractivity contribution < 1.29 is 23.9 Å². The molecule has 1 aromatic rings. The van der Waals surface area contributed by atoms with Crippen molar-refractivity contribution in [3.63, 3.8) is 0 Å². The first-order chi connectivity index (χ1) is 16.2. The average Bonchev–Trinajstić information content (AvgIpc) is 3.50. The van der Waals surface area contributed by atoms with Gasteiger partial charge in [-0.15, -0.1) is 0 Å². The summed E-state index contributed by atoms with van der Waals surface area (Å²) in [4.78, 5) is 46.1. The average molecular weight is 470 g/mol. The van der Waals surface area contributed by atoms with E-state index in [0.29, 0.717) is 31.6 Å². The molecule has 0 unspecified atom stereocenters. The van der Waals surface area contributed by atoms with Crippen LogP contribution in [0.4, 0.5) is 10.6 Å². The van der Waals surface area contributed by atoms with Gasteiger partial charge in [0.2, 0.25) is 5.91 Å². The van der Waals surface area contributed by atoms with Gasteiger partial charge in [0.25, 0.3) is 5.91 Å². The molecule has 2 bridgehead atoms. The van der Waals surface area contributed by atoms with Gasteiger partial charge in [0, 0.05) is 12.7 Å². The predicted molar refractivity (Wildman–Crippen MR) is 121 cm³/mol. The van der Waals surface area contributed by atoms with Crippen LogP contribution in [0.5, 0.6) is 0 Å². The van der Waals surface area contributed by atoms with Gasteiger partial charge >= 0.3 is 6.09 Å². The summed E-state index contributed by atoms with van der Waals surface area (Å²) in [7, 11) is 0. The van der Waals surface area contributed by atoms with Crippen molar-refractivity contribution in [2.24, 2.45) is 5.92 Å². The van der Waals surface area contributed by atoms with Gasteiger partial charge in [0.15, 0.2) is 0 Å². The van der Waals surface area contributed by atoms with E-state index in [1.165, 1.54) is 4.90 Å². The highest BCUT2D eigenvalue weighted by atomic mass is 16.6. The number of hydrogen-bond donors (Lipinski definition) is 1. The molecule has 4 rings (SSSR count). The topological polar surface area (TPSA) is 125 Å². The van der Waals surface area contributed by atoms with Crippen LogP contribution in [-0.4, -0.2) is 75.7 Å². The molecule has 0 radical (unpaired) electrons. The molecule has 1 saturated carbocycles. The molecule has 182 valence electrons. The van der Waals surface area contributed by atoms with Crippen molar-refractivity contribution in [1.82, 2.24) is 14.8 Å². The Kier molecular flexibility index (Phi) is 6.75. The number of pyridine rings is 1. The number of nitriles is 1. The Morgan fingerprint density at radius 3 is 2.74 bits per heavy atom. The second-order valence-electron chi connectivity index (χ2n) is 10.1. The molecule has 5 atom stereocenters. The van der Waals surface area contributed by atoms with Crippen molar-refractivity contribution in [2.45, 2.75) is 76.3 Å². The van der Waals surface area contributed by atoms with Gasteiger partial charge in [0.05, 0.1) is 18.2 Å². The van der Waals surface area contributed by atoms with Crippen molar-refractivity contribution in [3.8, 4) is 6.07 Å². The second-order valence-corrected chi connectivity index (χ2v) is 10.1. The molecule has 2 aliphatic heterocycles. The molecule has 2 saturated heterocycles. The van der Waals surface area contributed by atoms with E-state index in [1.807, 2.05) is 0 Å². The fraction of sp³-hybridized carbons (Fsp3) is 0.625. The Morgan fingerprint density at radius 2 is 2.06 bits per heavy atom. The summed E-state index contributed by atoms with van der Waals surface area (Å²) in [5.74, 6) is -0.225. The number of anilines is 1. The molecular weight excluding hydrogens is 438 g/mol. The van der Waals surface area contributed by atoms with E-state index in [4.69, 9.17) is 9.47 Å². The van der Waals surface area contributed by atoms with Gasteiger partial charge in [-0.3, -0.25) is 14.5 Å². The van der Waals surface area contributed by atoms with Crippen LogP contribution in [0.1, 0.15) is 46.5 Å². The molecule has 3 fully saturated rings. The summed E-state index contributed by atoms with van der Waals surface area (Å²) in [6, 6.07) is 5.89. The summed E-state index contributed by atoms with van der Waals surface area (Å²) in [6.45, 7) is 5.66. The SMILES string of the molecule is CC(C)(C)OC(=O)N1[C@@H]2C[C@@H](C[C@H]2OCC(=O)Nc2ccccn2)[C@H]1C(=O)N1CCC[C@H]1C#N. The van der Waals surface area contributed by atoms with Gasteiger partial charge in [0.1, 0.15) is 30.1 Å². The van der Waals surface area contributed by atoms with E-state index in [0.717, 1.165) is 6.42 Å². The zero-order valence-corrected chi connectivity index (χ0v) is 19.8. The highest BCUT2D eigenvalue weighted by molar-refractivity contribution is 5.91. The maximum atomic E-state index is 13.5. The molecule has 3 heterocycles. The first-order valence-electron chi connectivity index (χ1n) is 11.7. The number of ether oxygens (including phenoxy) is 2. The summed E-state index contributed by atoms with van der Waals surface area (Å²) >= 11 is 0. The Balaban J connectivity index is 1.46. The van der Waals surface area contributed by atoms with Gasteiger partial charge in [-0.25, -0.2) is 9.78 Å². The minimum Gasteiger partial charge on any atom is -0.444 e. The molecule has 10 heteroatoms. The Bertz CT molecular complexity index is 972. The number of nitrogens with zero attached hydrogens (tertiary/aromatic N) is 4. The van der Waals surface area contributed by atoms with Gasteiger partial charge in [-0.1, -0.05) is 6.07 Å². The summed E-state index contributed by atoms with van der Waals surface area (Å²) in [6.07, 6.45) is 3.19.